The highest BCUT2D eigenvalue weighted by Crippen LogP contribution is 2.49. The third kappa shape index (κ3) is 6.14. The van der Waals surface area contributed by atoms with E-state index in [9.17, 15) is 19.8 Å². The highest BCUT2D eigenvalue weighted by molar-refractivity contribution is 7.09. The highest BCUT2D eigenvalue weighted by Gasteiger charge is 2.54. The molecule has 7 atom stereocenters. The summed E-state index contributed by atoms with van der Waals surface area (Å²) in [5, 5.41) is 28.7. The Balaban J connectivity index is 1.59. The maximum absolute atomic E-state index is 13.7. The minimum atomic E-state index is -1.11. The van der Waals surface area contributed by atoms with E-state index >= 15 is 0 Å². The van der Waals surface area contributed by atoms with Gasteiger partial charge in [-0.15, -0.1) is 11.3 Å². The van der Waals surface area contributed by atoms with Crippen molar-refractivity contribution in [3.63, 3.8) is 0 Å². The Morgan fingerprint density at radius 2 is 2.03 bits per heavy atom. The summed E-state index contributed by atoms with van der Waals surface area (Å²) in [7, 11) is 0. The Morgan fingerprint density at radius 1 is 1.30 bits per heavy atom. The first-order valence-electron chi connectivity index (χ1n) is 13.7. The lowest BCUT2D eigenvalue weighted by molar-refractivity contribution is -0.155. The molecule has 1 aromatic rings. The second-order valence-electron chi connectivity index (χ2n) is 11.6. The standard InChI is InChI=1S/C28H41ClN2O5S/c1-5-19-25(34)16(2)8-6-9-27(4)23(36-27)13-21(20(29)12-18-15-37-17(3)30-18)31-24(33)14-22(32)28(26(19)35)10-7-11-28/h12,15-16,19,21-23,25,32,34H,5-11,13-14H2,1-4H3,(H,31,33)/t16-,19+,21-,22-,23?,25-,27?/m0/s1. The van der Waals surface area contributed by atoms with Crippen LogP contribution in [0.15, 0.2) is 10.4 Å². The fourth-order valence-electron chi connectivity index (χ4n) is 6.17. The molecule has 1 spiro atoms. The number of nitrogens with one attached hydrogen (secondary N) is 1. The molecule has 1 aromatic heterocycles. The molecule has 206 valence electrons. The van der Waals surface area contributed by atoms with Gasteiger partial charge in [0.1, 0.15) is 5.78 Å². The Labute approximate surface area is 229 Å². The van der Waals surface area contributed by atoms with Crippen LogP contribution in [0, 0.1) is 24.2 Å². The quantitative estimate of drug-likeness (QED) is 0.466. The molecule has 3 aliphatic rings. The maximum atomic E-state index is 13.7. The smallest absolute Gasteiger partial charge is 0.223 e. The molecule has 4 rings (SSSR count). The third-order valence-corrected chi connectivity index (χ3v) is 10.1. The summed E-state index contributed by atoms with van der Waals surface area (Å²) in [4.78, 5) is 31.4. The predicted octanol–water partition coefficient (Wildman–Crippen LogP) is 4.76. The zero-order valence-electron chi connectivity index (χ0n) is 22.3. The number of Topliss-reactive ketones (excluding diaryl/α,β-unsaturated/α-hetero) is 1. The van der Waals surface area contributed by atoms with Gasteiger partial charge in [-0.1, -0.05) is 38.3 Å². The molecular weight excluding hydrogens is 512 g/mol. The number of rotatable bonds is 3. The summed E-state index contributed by atoms with van der Waals surface area (Å²) < 4.78 is 6.09. The number of hydrogen-bond donors (Lipinski definition) is 3. The van der Waals surface area contributed by atoms with Crippen molar-refractivity contribution < 1.29 is 24.5 Å². The molecule has 0 radical (unpaired) electrons. The van der Waals surface area contributed by atoms with Gasteiger partial charge in [-0.05, 0) is 57.9 Å². The predicted molar refractivity (Wildman–Crippen MR) is 145 cm³/mol. The number of aryl methyl sites for hydroxylation is 1. The highest BCUT2D eigenvalue weighted by atomic mass is 35.5. The van der Waals surface area contributed by atoms with E-state index in [1.165, 1.54) is 11.3 Å². The molecule has 3 heterocycles. The van der Waals surface area contributed by atoms with Crippen molar-refractivity contribution in [3.8, 4) is 0 Å². The second kappa shape index (κ2) is 11.4. The fourth-order valence-corrected chi connectivity index (χ4v) is 7.00. The third-order valence-electron chi connectivity index (χ3n) is 8.93. The van der Waals surface area contributed by atoms with Crippen molar-refractivity contribution in [1.29, 1.82) is 0 Å². The molecule has 2 unspecified atom stereocenters. The lowest BCUT2D eigenvalue weighted by Gasteiger charge is -2.46. The molecule has 1 aliphatic carbocycles. The van der Waals surface area contributed by atoms with Gasteiger partial charge in [0.2, 0.25) is 5.91 Å². The number of aromatic nitrogens is 1. The first-order chi connectivity index (χ1) is 17.5. The Hall–Kier alpha value is -1.32. The van der Waals surface area contributed by atoms with Crippen molar-refractivity contribution >= 4 is 40.7 Å². The van der Waals surface area contributed by atoms with Gasteiger partial charge in [0.25, 0.3) is 0 Å². The van der Waals surface area contributed by atoms with Crippen LogP contribution >= 0.6 is 22.9 Å². The maximum Gasteiger partial charge on any atom is 0.223 e. The molecular formula is C28H41ClN2O5S. The lowest BCUT2D eigenvalue weighted by Crippen LogP contribution is -2.54. The molecule has 0 bridgehead atoms. The van der Waals surface area contributed by atoms with Crippen LogP contribution in [0.2, 0.25) is 0 Å². The van der Waals surface area contributed by atoms with Gasteiger partial charge in [0.15, 0.2) is 0 Å². The van der Waals surface area contributed by atoms with Gasteiger partial charge in [-0.3, -0.25) is 9.59 Å². The van der Waals surface area contributed by atoms with Gasteiger partial charge in [0.05, 0.1) is 52.5 Å². The monoisotopic (exact) mass is 552 g/mol. The molecule has 1 saturated carbocycles. The van der Waals surface area contributed by atoms with E-state index in [-0.39, 0.29) is 35.7 Å². The number of halogens is 1. The summed E-state index contributed by atoms with van der Waals surface area (Å²) in [6, 6.07) is -0.486. The van der Waals surface area contributed by atoms with Crippen LogP contribution in [-0.2, 0) is 14.3 Å². The van der Waals surface area contributed by atoms with Crippen molar-refractivity contribution in [2.75, 3.05) is 0 Å². The van der Waals surface area contributed by atoms with Gasteiger partial charge in [-0.2, -0.15) is 0 Å². The first kappa shape index (κ1) is 28.7. The number of fused-ring (bicyclic) bond motifs is 1. The van der Waals surface area contributed by atoms with Crippen molar-refractivity contribution in [3.05, 3.63) is 21.1 Å². The van der Waals surface area contributed by atoms with Crippen molar-refractivity contribution in [2.24, 2.45) is 17.3 Å². The van der Waals surface area contributed by atoms with Crippen molar-refractivity contribution in [1.82, 2.24) is 10.3 Å². The molecule has 3 N–H and O–H groups in total. The normalized spacial score (nSPS) is 37.5. The average molecular weight is 553 g/mol. The molecule has 2 saturated heterocycles. The molecule has 0 aromatic carbocycles. The van der Waals surface area contributed by atoms with E-state index in [1.54, 1.807) is 6.08 Å². The van der Waals surface area contributed by atoms with Crippen LogP contribution in [0.5, 0.6) is 0 Å². The van der Waals surface area contributed by atoms with E-state index < -0.39 is 29.6 Å². The number of ether oxygens (including phenoxy) is 1. The summed E-state index contributed by atoms with van der Waals surface area (Å²) in [5.74, 6) is -1.05. The summed E-state index contributed by atoms with van der Waals surface area (Å²) in [5.41, 5.74) is -0.541. The van der Waals surface area contributed by atoms with E-state index in [4.69, 9.17) is 16.3 Å². The summed E-state index contributed by atoms with van der Waals surface area (Å²) in [6.07, 6.45) is 5.06. The topological polar surface area (TPSA) is 112 Å². The van der Waals surface area contributed by atoms with Crippen LogP contribution in [0.25, 0.3) is 6.08 Å². The fraction of sp³-hybridized carbons (Fsp3) is 0.750. The summed E-state index contributed by atoms with van der Waals surface area (Å²) >= 11 is 8.27. The number of aliphatic hydroxyl groups is 2. The number of hydrogen-bond acceptors (Lipinski definition) is 7. The van der Waals surface area contributed by atoms with E-state index in [0.717, 1.165) is 36.4 Å². The number of nitrogens with zero attached hydrogens (tertiary/aromatic N) is 1. The van der Waals surface area contributed by atoms with Crippen LogP contribution in [0.3, 0.4) is 0 Å². The Bertz CT molecular complexity index is 1020. The lowest BCUT2D eigenvalue weighted by atomic mass is 9.58. The number of aliphatic hydroxyl groups excluding tert-OH is 2. The number of carbonyl (C=O) groups excluding carboxylic acids is 2. The zero-order chi connectivity index (χ0) is 27.0. The number of carbonyl (C=O) groups is 2. The minimum absolute atomic E-state index is 0.0492. The largest absolute Gasteiger partial charge is 0.392 e. The van der Waals surface area contributed by atoms with E-state index in [1.807, 2.05) is 26.2 Å². The summed E-state index contributed by atoms with van der Waals surface area (Å²) in [6.45, 7) is 7.91. The van der Waals surface area contributed by atoms with Gasteiger partial charge in [-0.25, -0.2) is 4.98 Å². The number of thiazole rings is 1. The molecule has 7 nitrogen and oxygen atoms in total. The van der Waals surface area contributed by atoms with Crippen LogP contribution in [0.1, 0.15) is 89.3 Å². The van der Waals surface area contributed by atoms with Gasteiger partial charge in [0, 0.05) is 22.8 Å². The second-order valence-corrected chi connectivity index (χ2v) is 13.1. The first-order valence-corrected chi connectivity index (χ1v) is 14.9. The van der Waals surface area contributed by atoms with E-state index in [2.05, 4.69) is 17.2 Å². The van der Waals surface area contributed by atoms with E-state index in [0.29, 0.717) is 30.7 Å². The SMILES string of the molecule is CC[C@H]1C(=O)C2(CCC2)[C@@H](O)CC(=O)N[C@H](C(Cl)=Cc2csc(C)n2)CC2OC2(C)CCC[C@H](C)[C@@H]1O. The van der Waals surface area contributed by atoms with Gasteiger partial charge < -0.3 is 20.3 Å². The molecule has 1 amide bonds. The number of amides is 1. The van der Waals surface area contributed by atoms with Crippen molar-refractivity contribution in [2.45, 2.75) is 115 Å². The number of epoxide rings is 1. The molecule has 2 aliphatic heterocycles. The van der Waals surface area contributed by atoms with Gasteiger partial charge >= 0.3 is 0 Å². The number of ketones is 1. The average Bonchev–Trinajstić information content (AvgIpc) is 3.24. The Kier molecular flexibility index (Phi) is 8.86. The Morgan fingerprint density at radius 3 is 2.62 bits per heavy atom. The zero-order valence-corrected chi connectivity index (χ0v) is 23.9. The molecule has 37 heavy (non-hydrogen) atoms. The molecule has 9 heteroatoms. The van der Waals surface area contributed by atoms with Crippen LogP contribution < -0.4 is 5.32 Å². The van der Waals surface area contributed by atoms with Crippen LogP contribution in [-0.4, -0.2) is 56.8 Å². The minimum Gasteiger partial charge on any atom is -0.392 e. The molecule has 3 fully saturated rings. The van der Waals surface area contributed by atoms with Crippen LogP contribution in [0.4, 0.5) is 0 Å².